The van der Waals surface area contributed by atoms with Gasteiger partial charge in [-0.3, -0.25) is 0 Å². The Morgan fingerprint density at radius 3 is 2.25 bits per heavy atom. The number of aliphatic hydroxyl groups is 8. The summed E-state index contributed by atoms with van der Waals surface area (Å²) in [5, 5.41) is 83.6. The molecule has 0 aromatic rings. The van der Waals surface area contributed by atoms with E-state index in [0.29, 0.717) is 30.8 Å². The number of hydrogen-bond donors (Lipinski definition) is 8. The molecule has 0 unspecified atom stereocenters. The lowest BCUT2D eigenvalue weighted by atomic mass is 9.47. The highest BCUT2D eigenvalue weighted by Gasteiger charge is 2.71. The highest BCUT2D eigenvalue weighted by Crippen LogP contribution is 2.70. The third-order valence-electron chi connectivity index (χ3n) is 15.6. The molecule has 0 aromatic carbocycles. The highest BCUT2D eigenvalue weighted by molar-refractivity contribution is 5.26. The van der Waals surface area contributed by atoms with E-state index in [0.717, 1.165) is 44.9 Å². The van der Waals surface area contributed by atoms with Crippen LogP contribution in [0.5, 0.6) is 0 Å². The minimum atomic E-state index is -1.66. The summed E-state index contributed by atoms with van der Waals surface area (Å²) in [6.07, 6.45) is -6.00. The Kier molecular flexibility index (Phi) is 10.5. The van der Waals surface area contributed by atoms with Gasteiger partial charge in [0.2, 0.25) is 0 Å². The number of fused-ring (bicyclic) bond motifs is 7. The van der Waals surface area contributed by atoms with E-state index in [1.165, 1.54) is 5.57 Å². The molecule has 0 amide bonds. The minimum absolute atomic E-state index is 0.0334. The second-order valence-corrected chi connectivity index (χ2v) is 18.5. The van der Waals surface area contributed by atoms with Gasteiger partial charge in [-0.1, -0.05) is 39.3 Å². The maximum absolute atomic E-state index is 11.1. The summed E-state index contributed by atoms with van der Waals surface area (Å²) >= 11 is 0. The van der Waals surface area contributed by atoms with Crippen LogP contribution in [-0.2, 0) is 28.4 Å². The van der Waals surface area contributed by atoms with Crippen molar-refractivity contribution < 1.29 is 69.3 Å². The zero-order chi connectivity index (χ0) is 37.8. The van der Waals surface area contributed by atoms with Crippen molar-refractivity contribution >= 4 is 0 Å². The first-order valence-corrected chi connectivity index (χ1v) is 20.1. The maximum Gasteiger partial charge on any atom is 0.198 e. The molecular weight excluding hydrogens is 692 g/mol. The molecule has 14 nitrogen and oxygen atoms in total. The van der Waals surface area contributed by atoms with E-state index in [4.69, 9.17) is 28.4 Å². The lowest BCUT2D eigenvalue weighted by Crippen LogP contribution is -2.64. The minimum Gasteiger partial charge on any atom is -0.394 e. The van der Waals surface area contributed by atoms with Crippen LogP contribution in [0.1, 0.15) is 79.1 Å². The summed E-state index contributed by atoms with van der Waals surface area (Å²) in [6.45, 7) is 8.57. The Bertz CT molecular complexity index is 1360. The Balaban J connectivity index is 0.981. The zero-order valence-corrected chi connectivity index (χ0v) is 31.4. The van der Waals surface area contributed by atoms with Crippen molar-refractivity contribution in [2.24, 2.45) is 46.3 Å². The molecule has 4 aliphatic carbocycles. The first kappa shape index (κ1) is 39.0. The summed E-state index contributed by atoms with van der Waals surface area (Å²) in [4.78, 5) is 0. The monoisotopic (exact) mass is 754 g/mol. The van der Waals surface area contributed by atoms with Gasteiger partial charge in [0.1, 0.15) is 54.9 Å². The predicted molar refractivity (Wildman–Crippen MR) is 184 cm³/mol. The average Bonchev–Trinajstić information content (AvgIpc) is 3.59. The first-order valence-electron chi connectivity index (χ1n) is 20.1. The molecule has 0 aromatic heterocycles. The van der Waals surface area contributed by atoms with Gasteiger partial charge >= 0.3 is 0 Å². The van der Waals surface area contributed by atoms with Crippen LogP contribution in [0.25, 0.3) is 0 Å². The predicted octanol–water partition coefficient (Wildman–Crippen LogP) is 0.333. The summed E-state index contributed by atoms with van der Waals surface area (Å²) in [7, 11) is 0. The highest BCUT2D eigenvalue weighted by atomic mass is 16.8. The van der Waals surface area contributed by atoms with Crippen LogP contribution >= 0.6 is 0 Å². The maximum atomic E-state index is 11.1. The molecule has 14 heteroatoms. The van der Waals surface area contributed by atoms with Crippen LogP contribution in [0.4, 0.5) is 0 Å². The third-order valence-corrected chi connectivity index (χ3v) is 15.6. The third kappa shape index (κ3) is 6.12. The van der Waals surface area contributed by atoms with Crippen LogP contribution < -0.4 is 0 Å². The topological polar surface area (TPSA) is 217 Å². The summed E-state index contributed by atoms with van der Waals surface area (Å²) in [5.41, 5.74) is 1.64. The number of aliphatic hydroxyl groups excluding tert-OH is 8. The smallest absolute Gasteiger partial charge is 0.198 e. The largest absolute Gasteiger partial charge is 0.394 e. The lowest BCUT2D eigenvalue weighted by molar-refractivity contribution is -0.379. The summed E-state index contributed by atoms with van der Waals surface area (Å²) in [5.74, 6) is 0.851. The summed E-state index contributed by atoms with van der Waals surface area (Å²) < 4.78 is 37.5. The molecule has 7 fully saturated rings. The molecule has 4 heterocycles. The zero-order valence-electron chi connectivity index (χ0n) is 31.4. The van der Waals surface area contributed by atoms with Crippen molar-refractivity contribution in [3.63, 3.8) is 0 Å². The second-order valence-electron chi connectivity index (χ2n) is 18.5. The molecule has 3 saturated carbocycles. The number of hydrogen-bond acceptors (Lipinski definition) is 14. The quantitative estimate of drug-likeness (QED) is 0.172. The molecule has 8 rings (SSSR count). The van der Waals surface area contributed by atoms with Gasteiger partial charge in [-0.25, -0.2) is 0 Å². The fourth-order valence-corrected chi connectivity index (χ4v) is 12.6. The van der Waals surface area contributed by atoms with Gasteiger partial charge in [-0.15, -0.1) is 0 Å². The van der Waals surface area contributed by atoms with Crippen LogP contribution in [0.3, 0.4) is 0 Å². The van der Waals surface area contributed by atoms with Crippen LogP contribution in [0, 0.1) is 46.3 Å². The Hall–Kier alpha value is -0.820. The first-order chi connectivity index (χ1) is 25.1. The SMILES string of the molecule is C[C@H]1CO[C@@]2(O[C@H]3C[C@H]4[C@@H]5CC=C6C[C@@H](O)CC[C@]6(C)[C@H]5CC[C@]4(C)[C@H]3[C@@H]2C)[C@@H](O[C@@H]2O[C@H](CO[C@@H]3O[C@H](CO)[C@@H](O)[C@H](O)[C@H]3O)[C@@H](O)[C@H](O)[C@H]2O)C1. The fraction of sp³-hybridized carbons (Fsp3) is 0.949. The van der Waals surface area contributed by atoms with E-state index in [2.05, 4.69) is 33.8 Å². The number of rotatable bonds is 6. The molecule has 4 saturated heterocycles. The van der Waals surface area contributed by atoms with Crippen molar-refractivity contribution in [1.82, 2.24) is 0 Å². The van der Waals surface area contributed by atoms with E-state index in [-0.39, 0.29) is 40.8 Å². The molecule has 53 heavy (non-hydrogen) atoms. The summed E-state index contributed by atoms with van der Waals surface area (Å²) in [6, 6.07) is 0. The Morgan fingerprint density at radius 1 is 0.811 bits per heavy atom. The van der Waals surface area contributed by atoms with Crippen molar-refractivity contribution in [2.75, 3.05) is 19.8 Å². The van der Waals surface area contributed by atoms with Crippen molar-refractivity contribution in [3.05, 3.63) is 11.6 Å². The van der Waals surface area contributed by atoms with Gasteiger partial charge in [0.25, 0.3) is 0 Å². The molecule has 22 atom stereocenters. The molecule has 4 aliphatic heterocycles. The van der Waals surface area contributed by atoms with E-state index in [1.54, 1.807) is 0 Å². The molecule has 0 bridgehead atoms. The fourth-order valence-electron chi connectivity index (χ4n) is 12.6. The van der Waals surface area contributed by atoms with Gasteiger partial charge < -0.3 is 69.3 Å². The molecule has 0 radical (unpaired) electrons. The van der Waals surface area contributed by atoms with Crippen molar-refractivity contribution in [2.45, 2.75) is 165 Å². The Labute approximate surface area is 311 Å². The Morgan fingerprint density at radius 2 is 1.51 bits per heavy atom. The lowest BCUT2D eigenvalue weighted by Gasteiger charge is -2.58. The van der Waals surface area contributed by atoms with E-state index in [1.807, 2.05) is 0 Å². The van der Waals surface area contributed by atoms with Gasteiger partial charge in [-0.2, -0.15) is 0 Å². The average molecular weight is 755 g/mol. The van der Waals surface area contributed by atoms with E-state index >= 15 is 0 Å². The van der Waals surface area contributed by atoms with Crippen LogP contribution in [-0.4, -0.2) is 146 Å². The van der Waals surface area contributed by atoms with Crippen molar-refractivity contribution in [1.29, 1.82) is 0 Å². The molecule has 8 aliphatic rings. The van der Waals surface area contributed by atoms with Gasteiger partial charge in [0.15, 0.2) is 18.4 Å². The van der Waals surface area contributed by atoms with Gasteiger partial charge in [0.05, 0.1) is 32.0 Å². The number of allylic oxidation sites excluding steroid dienone is 1. The van der Waals surface area contributed by atoms with Gasteiger partial charge in [-0.05, 0) is 91.8 Å². The molecular formula is C39H62O14. The molecule has 1 spiro atoms. The van der Waals surface area contributed by atoms with Crippen LogP contribution in [0.2, 0.25) is 0 Å². The molecule has 302 valence electrons. The molecule has 8 N–H and O–H groups in total. The second kappa shape index (κ2) is 14.2. The van der Waals surface area contributed by atoms with Gasteiger partial charge in [0, 0.05) is 5.92 Å². The van der Waals surface area contributed by atoms with Crippen LogP contribution in [0.15, 0.2) is 11.6 Å². The standard InChI is InChI=1S/C39H62O14/c1-17-11-27(52-36-34(47)32(45)30(43)26(51-36)16-48-35-33(46)31(44)29(42)25(14-40)50-35)39(49-15-17)18(2)28-24(53-39)13-23-21-6-5-19-12-20(41)7-9-37(19,3)22(21)8-10-38(23,28)4/h5,17-18,20-36,40-47H,6-16H2,1-4H3/t17-,18+,20+,21-,22+,23+,24+,25-,26-,27+,28+,29-,30-,31+,32+,33-,34-,35-,36+,37+,38+,39+/m1/s1. The number of ether oxygens (including phenoxy) is 6. The van der Waals surface area contributed by atoms with Crippen molar-refractivity contribution in [3.8, 4) is 0 Å². The van der Waals surface area contributed by atoms with E-state index < -0.39 is 86.5 Å². The normalized spacial score (nSPS) is 58.0. The van der Waals surface area contributed by atoms with E-state index in [9.17, 15) is 40.9 Å².